The highest BCUT2D eigenvalue weighted by atomic mass is 35.5. The van der Waals surface area contributed by atoms with Crippen LogP contribution in [-0.4, -0.2) is 24.7 Å². The number of hydrogen-bond donors (Lipinski definition) is 2. The van der Waals surface area contributed by atoms with E-state index in [0.29, 0.717) is 5.06 Å². The predicted molar refractivity (Wildman–Crippen MR) is 54.9 cm³/mol. The quantitative estimate of drug-likeness (QED) is 0.629. The Hall–Kier alpha value is -0.820. The van der Waals surface area contributed by atoms with Gasteiger partial charge in [-0.05, 0) is 19.1 Å². The first-order valence-electron chi connectivity index (χ1n) is 4.01. The molecule has 0 saturated carbocycles. The molecule has 0 heterocycles. The van der Waals surface area contributed by atoms with E-state index in [-0.39, 0.29) is 17.3 Å². The number of hydroxylamine groups is 1. The summed E-state index contributed by atoms with van der Waals surface area (Å²) in [4.78, 5) is -0.434. The van der Waals surface area contributed by atoms with E-state index in [1.165, 1.54) is 6.07 Å². The summed E-state index contributed by atoms with van der Waals surface area (Å²) in [6, 6.07) is 4.62. The van der Waals surface area contributed by atoms with E-state index < -0.39 is 15.0 Å². The number of halogens is 1. The fraction of sp³-hybridized carbons (Fsp3) is 0.250. The van der Waals surface area contributed by atoms with Gasteiger partial charge in [-0.3, -0.25) is 14.8 Å². The lowest BCUT2D eigenvalue weighted by atomic mass is 10.3. The van der Waals surface area contributed by atoms with Crippen LogP contribution in [0.3, 0.4) is 0 Å². The molecule has 7 heteroatoms. The summed E-state index contributed by atoms with van der Waals surface area (Å²) in [5.74, 6) is 0. The summed E-state index contributed by atoms with van der Waals surface area (Å²) in [6.45, 7) is 1.77. The zero-order chi connectivity index (χ0) is 11.6. The maximum absolute atomic E-state index is 10.9. The fourth-order valence-electron chi connectivity index (χ4n) is 1.02. The van der Waals surface area contributed by atoms with Gasteiger partial charge in [0.15, 0.2) is 0 Å². The molecule has 0 atom stereocenters. The topological polar surface area (TPSA) is 77.8 Å². The molecule has 2 N–H and O–H groups in total. The summed E-state index contributed by atoms with van der Waals surface area (Å²) in [7, 11) is -4.40. The first-order chi connectivity index (χ1) is 6.86. The second kappa shape index (κ2) is 4.36. The summed E-state index contributed by atoms with van der Waals surface area (Å²) in [6.07, 6.45) is 0. The van der Waals surface area contributed by atoms with Crippen LogP contribution < -0.4 is 5.06 Å². The number of nitrogens with zero attached hydrogens (tertiary/aromatic N) is 1. The van der Waals surface area contributed by atoms with Gasteiger partial charge in [-0.15, -0.1) is 0 Å². The van der Waals surface area contributed by atoms with Crippen LogP contribution >= 0.6 is 11.6 Å². The Kier molecular flexibility index (Phi) is 3.56. The Morgan fingerprint density at radius 3 is 2.67 bits per heavy atom. The summed E-state index contributed by atoms with van der Waals surface area (Å²) in [5, 5.41) is 10.2. The molecular weight excluding hydrogens is 242 g/mol. The van der Waals surface area contributed by atoms with Crippen molar-refractivity contribution in [1.82, 2.24) is 0 Å². The maximum atomic E-state index is 10.9. The molecular formula is C8H9ClNO4S. The molecule has 1 radical (unpaired) electrons. The van der Waals surface area contributed by atoms with Gasteiger partial charge >= 0.3 is 0 Å². The van der Waals surface area contributed by atoms with E-state index in [1.807, 2.05) is 0 Å². The van der Waals surface area contributed by atoms with Crippen LogP contribution in [-0.2, 0) is 10.1 Å². The van der Waals surface area contributed by atoms with Gasteiger partial charge < -0.3 is 0 Å². The maximum Gasteiger partial charge on any atom is 0.296 e. The van der Waals surface area contributed by atoms with Crippen LogP contribution in [0.5, 0.6) is 0 Å². The second-order valence-electron chi connectivity index (χ2n) is 2.72. The average molecular weight is 251 g/mol. The van der Waals surface area contributed by atoms with Crippen molar-refractivity contribution < 1.29 is 18.2 Å². The van der Waals surface area contributed by atoms with Gasteiger partial charge in [0.1, 0.15) is 4.90 Å². The van der Waals surface area contributed by atoms with Crippen molar-refractivity contribution in [1.29, 1.82) is 0 Å². The van der Waals surface area contributed by atoms with E-state index in [2.05, 4.69) is 6.07 Å². The van der Waals surface area contributed by atoms with Crippen molar-refractivity contribution in [2.45, 2.75) is 11.8 Å². The Balaban J connectivity index is 3.40. The smallest absolute Gasteiger partial charge is 0.288 e. The van der Waals surface area contributed by atoms with E-state index in [0.717, 1.165) is 6.07 Å². The van der Waals surface area contributed by atoms with Gasteiger partial charge in [0.25, 0.3) is 10.1 Å². The van der Waals surface area contributed by atoms with Crippen molar-refractivity contribution in [2.24, 2.45) is 0 Å². The second-order valence-corrected chi connectivity index (χ2v) is 4.52. The van der Waals surface area contributed by atoms with Gasteiger partial charge in [0.2, 0.25) is 0 Å². The van der Waals surface area contributed by atoms with E-state index in [4.69, 9.17) is 16.2 Å². The molecule has 0 fully saturated rings. The fourth-order valence-corrected chi connectivity index (χ4v) is 1.81. The van der Waals surface area contributed by atoms with Crippen LogP contribution in [0.2, 0.25) is 5.02 Å². The molecule has 0 unspecified atom stereocenters. The summed E-state index contributed by atoms with van der Waals surface area (Å²) >= 11 is 5.60. The Morgan fingerprint density at radius 2 is 2.20 bits per heavy atom. The van der Waals surface area contributed by atoms with Crippen LogP contribution in [0.4, 0.5) is 5.69 Å². The lowest BCUT2D eigenvalue weighted by Crippen LogP contribution is -2.19. The van der Waals surface area contributed by atoms with Crippen LogP contribution in [0.25, 0.3) is 0 Å². The third kappa shape index (κ3) is 2.82. The SMILES string of the molecule is CCN(O)c1cc(Cl)[c]cc1S(=O)(=O)O. The minimum Gasteiger partial charge on any atom is -0.288 e. The van der Waals surface area contributed by atoms with Crippen molar-refractivity contribution >= 4 is 27.4 Å². The number of hydrogen-bond acceptors (Lipinski definition) is 4. The Labute approximate surface area is 92.6 Å². The first-order valence-corrected chi connectivity index (χ1v) is 5.83. The molecule has 0 aromatic heterocycles. The number of rotatable bonds is 3. The highest BCUT2D eigenvalue weighted by Crippen LogP contribution is 2.27. The minimum atomic E-state index is -4.40. The predicted octanol–water partition coefficient (Wildman–Crippen LogP) is 1.60. The lowest BCUT2D eigenvalue weighted by Gasteiger charge is -2.17. The molecule has 0 bridgehead atoms. The monoisotopic (exact) mass is 250 g/mol. The van der Waals surface area contributed by atoms with Gasteiger partial charge in [0, 0.05) is 12.6 Å². The summed E-state index contributed by atoms with van der Waals surface area (Å²) in [5.41, 5.74) is -0.0799. The van der Waals surface area contributed by atoms with Crippen molar-refractivity contribution in [3.63, 3.8) is 0 Å². The summed E-state index contributed by atoms with van der Waals surface area (Å²) < 4.78 is 30.8. The third-order valence-corrected chi connectivity index (χ3v) is 2.81. The highest BCUT2D eigenvalue weighted by Gasteiger charge is 2.18. The van der Waals surface area contributed by atoms with Crippen LogP contribution in [0, 0.1) is 6.07 Å². The zero-order valence-electron chi connectivity index (χ0n) is 7.81. The Bertz CT molecular complexity index is 460. The molecule has 0 aliphatic heterocycles. The molecule has 83 valence electrons. The van der Waals surface area contributed by atoms with Crippen molar-refractivity contribution in [2.75, 3.05) is 11.6 Å². The zero-order valence-corrected chi connectivity index (χ0v) is 9.38. The molecule has 0 spiro atoms. The van der Waals surface area contributed by atoms with Gasteiger partial charge in [-0.2, -0.15) is 8.42 Å². The van der Waals surface area contributed by atoms with Crippen molar-refractivity contribution in [3.8, 4) is 0 Å². The van der Waals surface area contributed by atoms with Gasteiger partial charge in [-0.1, -0.05) is 11.6 Å². The number of anilines is 1. The molecule has 1 rings (SSSR count). The Morgan fingerprint density at radius 1 is 1.60 bits per heavy atom. The lowest BCUT2D eigenvalue weighted by molar-refractivity contribution is 0.257. The molecule has 1 aromatic rings. The van der Waals surface area contributed by atoms with E-state index in [9.17, 15) is 13.6 Å². The van der Waals surface area contributed by atoms with Crippen LogP contribution in [0.15, 0.2) is 17.0 Å². The molecule has 0 saturated heterocycles. The highest BCUT2D eigenvalue weighted by molar-refractivity contribution is 7.86. The van der Waals surface area contributed by atoms with Crippen LogP contribution in [0.1, 0.15) is 6.92 Å². The molecule has 1 aromatic carbocycles. The molecule has 15 heavy (non-hydrogen) atoms. The molecule has 0 amide bonds. The third-order valence-electron chi connectivity index (χ3n) is 1.71. The normalized spacial score (nSPS) is 11.5. The van der Waals surface area contributed by atoms with E-state index in [1.54, 1.807) is 6.92 Å². The standard InChI is InChI=1S/C8H9ClNO4S/c1-2-10(11)7-5-6(9)3-4-8(7)15(12,13)14/h4-5,11H,2H2,1H3,(H,12,13,14). The first kappa shape index (κ1) is 12.3. The molecule has 0 aliphatic rings. The number of benzene rings is 1. The largest absolute Gasteiger partial charge is 0.296 e. The molecule has 0 aliphatic carbocycles. The van der Waals surface area contributed by atoms with E-state index >= 15 is 0 Å². The molecule has 5 nitrogen and oxygen atoms in total. The minimum absolute atomic E-state index is 0.0799. The van der Waals surface area contributed by atoms with Gasteiger partial charge in [-0.25, -0.2) is 0 Å². The average Bonchev–Trinajstić information content (AvgIpc) is 2.14. The van der Waals surface area contributed by atoms with Crippen molar-refractivity contribution in [3.05, 3.63) is 23.2 Å². The van der Waals surface area contributed by atoms with Gasteiger partial charge in [0.05, 0.1) is 10.7 Å².